The van der Waals surface area contributed by atoms with E-state index in [0.717, 1.165) is 28.8 Å². The van der Waals surface area contributed by atoms with Crippen LogP contribution in [-0.4, -0.2) is 17.2 Å². The van der Waals surface area contributed by atoms with Crippen LogP contribution in [0, 0.1) is 23.7 Å². The summed E-state index contributed by atoms with van der Waals surface area (Å²) in [5, 5.41) is 8.14. The van der Waals surface area contributed by atoms with Gasteiger partial charge in [-0.15, -0.1) is 0 Å². The second-order valence-corrected chi connectivity index (χ2v) is 7.68. The predicted octanol–water partition coefficient (Wildman–Crippen LogP) is 3.46. The molecule has 0 aromatic heterocycles. The standard InChI is InChI=1S/C16H28N2S/c1-10-4-3-5-14(11(10)2)17-16(19)18-15-9-12-6-7-13(15)8-12/h10-15H,3-9H2,1-2H3,(H2,17,18,19)/t10-,11-,12+,13+,14+,15-/m1/s1. The largest absolute Gasteiger partial charge is 0.360 e. The molecule has 0 aromatic rings. The number of rotatable bonds is 2. The molecule has 0 heterocycles. The second-order valence-electron chi connectivity index (χ2n) is 7.27. The summed E-state index contributed by atoms with van der Waals surface area (Å²) in [5.74, 6) is 3.46. The summed E-state index contributed by atoms with van der Waals surface area (Å²) in [7, 11) is 0. The number of hydrogen-bond donors (Lipinski definition) is 2. The summed E-state index contributed by atoms with van der Waals surface area (Å²) in [5.41, 5.74) is 0. The molecule has 3 saturated carbocycles. The third kappa shape index (κ3) is 2.91. The Labute approximate surface area is 123 Å². The van der Waals surface area contributed by atoms with Crippen LogP contribution < -0.4 is 10.6 Å². The van der Waals surface area contributed by atoms with E-state index in [0.29, 0.717) is 12.1 Å². The molecule has 19 heavy (non-hydrogen) atoms. The molecular weight excluding hydrogens is 252 g/mol. The molecule has 2 N–H and O–H groups in total. The Balaban J connectivity index is 1.48. The van der Waals surface area contributed by atoms with E-state index in [1.165, 1.54) is 44.9 Å². The minimum Gasteiger partial charge on any atom is -0.360 e. The van der Waals surface area contributed by atoms with Crippen molar-refractivity contribution in [2.75, 3.05) is 0 Å². The lowest BCUT2D eigenvalue weighted by molar-refractivity contribution is 0.223. The number of fused-ring (bicyclic) bond motifs is 2. The molecule has 3 aliphatic carbocycles. The Morgan fingerprint density at radius 1 is 0.947 bits per heavy atom. The molecule has 6 atom stereocenters. The van der Waals surface area contributed by atoms with E-state index in [9.17, 15) is 0 Å². The van der Waals surface area contributed by atoms with Gasteiger partial charge in [0.25, 0.3) is 0 Å². The van der Waals surface area contributed by atoms with Gasteiger partial charge >= 0.3 is 0 Å². The van der Waals surface area contributed by atoms with Crippen molar-refractivity contribution < 1.29 is 0 Å². The monoisotopic (exact) mass is 280 g/mol. The highest BCUT2D eigenvalue weighted by Gasteiger charge is 2.40. The zero-order chi connectivity index (χ0) is 13.4. The zero-order valence-electron chi connectivity index (χ0n) is 12.3. The van der Waals surface area contributed by atoms with Gasteiger partial charge in [-0.2, -0.15) is 0 Å². The molecule has 0 unspecified atom stereocenters. The average molecular weight is 280 g/mol. The second kappa shape index (κ2) is 5.59. The van der Waals surface area contributed by atoms with E-state index >= 15 is 0 Å². The van der Waals surface area contributed by atoms with Gasteiger partial charge in [-0.25, -0.2) is 0 Å². The first-order valence-corrected chi connectivity index (χ1v) is 8.61. The van der Waals surface area contributed by atoms with Crippen molar-refractivity contribution in [2.45, 2.75) is 70.9 Å². The maximum absolute atomic E-state index is 5.56. The van der Waals surface area contributed by atoms with Crippen LogP contribution in [0.3, 0.4) is 0 Å². The van der Waals surface area contributed by atoms with E-state index in [1.807, 2.05) is 0 Å². The van der Waals surface area contributed by atoms with Gasteiger partial charge in [0.15, 0.2) is 5.11 Å². The summed E-state index contributed by atoms with van der Waals surface area (Å²) < 4.78 is 0. The van der Waals surface area contributed by atoms with Gasteiger partial charge in [-0.1, -0.05) is 33.1 Å². The van der Waals surface area contributed by atoms with Crippen LogP contribution in [0.1, 0.15) is 58.8 Å². The smallest absolute Gasteiger partial charge is 0.166 e. The SMILES string of the molecule is C[C@@H]1[C@H](C)CCC[C@@H]1NC(=S)N[C@@H]1C[C@H]2CC[C@H]1C2. The van der Waals surface area contributed by atoms with Crippen molar-refractivity contribution in [1.29, 1.82) is 0 Å². The quantitative estimate of drug-likeness (QED) is 0.758. The number of nitrogens with one attached hydrogen (secondary N) is 2. The van der Waals surface area contributed by atoms with Crippen molar-refractivity contribution in [3.05, 3.63) is 0 Å². The maximum atomic E-state index is 5.56. The molecule has 0 radical (unpaired) electrons. The van der Waals surface area contributed by atoms with Gasteiger partial charge in [0.1, 0.15) is 0 Å². The molecular formula is C16H28N2S. The summed E-state index contributed by atoms with van der Waals surface area (Å²) in [6.45, 7) is 4.76. The van der Waals surface area contributed by atoms with Gasteiger partial charge in [0.05, 0.1) is 0 Å². The van der Waals surface area contributed by atoms with E-state index in [-0.39, 0.29) is 0 Å². The van der Waals surface area contributed by atoms with Crippen LogP contribution in [0.4, 0.5) is 0 Å². The lowest BCUT2D eigenvalue weighted by atomic mass is 9.78. The van der Waals surface area contributed by atoms with Crippen LogP contribution in [0.15, 0.2) is 0 Å². The normalized spacial score (nSPS) is 45.2. The Hall–Kier alpha value is -0.310. The fourth-order valence-electron chi connectivity index (χ4n) is 4.59. The van der Waals surface area contributed by atoms with Crippen molar-refractivity contribution >= 4 is 17.3 Å². The minimum absolute atomic E-state index is 0.586. The lowest BCUT2D eigenvalue weighted by Crippen LogP contribution is -2.51. The first-order chi connectivity index (χ1) is 9.13. The Bertz CT molecular complexity index is 344. The zero-order valence-corrected chi connectivity index (χ0v) is 13.1. The Morgan fingerprint density at radius 2 is 1.74 bits per heavy atom. The van der Waals surface area contributed by atoms with Crippen molar-refractivity contribution in [2.24, 2.45) is 23.7 Å². The fourth-order valence-corrected chi connectivity index (χ4v) is 4.89. The van der Waals surface area contributed by atoms with Gasteiger partial charge in [-0.05, 0) is 61.6 Å². The van der Waals surface area contributed by atoms with Crippen LogP contribution in [0.25, 0.3) is 0 Å². The van der Waals surface area contributed by atoms with E-state index < -0.39 is 0 Å². The molecule has 3 fully saturated rings. The molecule has 3 rings (SSSR count). The third-order valence-corrected chi connectivity index (χ3v) is 6.31. The van der Waals surface area contributed by atoms with Gasteiger partial charge < -0.3 is 10.6 Å². The molecule has 0 saturated heterocycles. The van der Waals surface area contributed by atoms with E-state index in [2.05, 4.69) is 24.5 Å². The molecule has 2 nitrogen and oxygen atoms in total. The summed E-state index contributed by atoms with van der Waals surface area (Å²) in [4.78, 5) is 0. The molecule has 0 spiro atoms. The topological polar surface area (TPSA) is 24.1 Å². The highest BCUT2D eigenvalue weighted by Crippen LogP contribution is 2.44. The maximum Gasteiger partial charge on any atom is 0.166 e. The van der Waals surface area contributed by atoms with Gasteiger partial charge in [0, 0.05) is 12.1 Å². The fraction of sp³-hybridized carbons (Fsp3) is 0.938. The van der Waals surface area contributed by atoms with Crippen LogP contribution in [0.5, 0.6) is 0 Å². The third-order valence-electron chi connectivity index (χ3n) is 6.08. The number of thiocarbonyl (C=S) groups is 1. The molecule has 0 amide bonds. The van der Waals surface area contributed by atoms with Crippen LogP contribution >= 0.6 is 12.2 Å². The summed E-state index contributed by atoms with van der Waals surface area (Å²) >= 11 is 5.56. The highest BCUT2D eigenvalue weighted by atomic mass is 32.1. The van der Waals surface area contributed by atoms with Gasteiger partial charge in [0.2, 0.25) is 0 Å². The van der Waals surface area contributed by atoms with Gasteiger partial charge in [-0.3, -0.25) is 0 Å². The van der Waals surface area contributed by atoms with Crippen molar-refractivity contribution in [3.8, 4) is 0 Å². The predicted molar refractivity (Wildman–Crippen MR) is 84.1 cm³/mol. The molecule has 3 heteroatoms. The minimum atomic E-state index is 0.586. The first kappa shape index (κ1) is 13.7. The molecule has 0 aliphatic heterocycles. The Morgan fingerprint density at radius 3 is 2.42 bits per heavy atom. The van der Waals surface area contributed by atoms with Crippen molar-refractivity contribution in [3.63, 3.8) is 0 Å². The first-order valence-electron chi connectivity index (χ1n) is 8.20. The molecule has 3 aliphatic rings. The van der Waals surface area contributed by atoms with E-state index in [1.54, 1.807) is 0 Å². The average Bonchev–Trinajstić information content (AvgIpc) is 2.97. The number of hydrogen-bond acceptors (Lipinski definition) is 1. The van der Waals surface area contributed by atoms with Crippen LogP contribution in [0.2, 0.25) is 0 Å². The van der Waals surface area contributed by atoms with Crippen molar-refractivity contribution in [1.82, 2.24) is 10.6 Å². The molecule has 2 bridgehead atoms. The summed E-state index contributed by atoms with van der Waals surface area (Å²) in [6.07, 6.45) is 9.68. The lowest BCUT2D eigenvalue weighted by Gasteiger charge is -2.36. The van der Waals surface area contributed by atoms with Crippen LogP contribution in [-0.2, 0) is 0 Å². The van der Waals surface area contributed by atoms with E-state index in [4.69, 9.17) is 12.2 Å². The molecule has 108 valence electrons. The summed E-state index contributed by atoms with van der Waals surface area (Å²) in [6, 6.07) is 1.25. The molecule has 0 aromatic carbocycles. The Kier molecular flexibility index (Phi) is 4.02. The highest BCUT2D eigenvalue weighted by molar-refractivity contribution is 7.80.